The number of Topliss-reactive ketones (excluding diaryl/α,β-unsaturated/α-hetero) is 1. The molecule has 0 saturated heterocycles. The molecule has 0 radical (unpaired) electrons. The molecule has 2 aromatic carbocycles. The van der Waals surface area contributed by atoms with Gasteiger partial charge in [0.2, 0.25) is 5.41 Å². The Hall–Kier alpha value is -4.47. The van der Waals surface area contributed by atoms with Crippen LogP contribution in [0.25, 0.3) is 0 Å². The Labute approximate surface area is 237 Å². The Morgan fingerprint density at radius 1 is 1.00 bits per heavy atom. The van der Waals surface area contributed by atoms with Gasteiger partial charge in [0.15, 0.2) is 23.8 Å². The largest absolute Gasteiger partial charge is 0.483 e. The quantitative estimate of drug-likeness (QED) is 0.524. The SMILES string of the molecule is COC(=O)[C@H]1N(C(=O)c2ccccc2)N=C2N(C3CCCCC3)C=C3C(=O)c4cc(C)ccc4O[C@@H]3[C@]21C(=O)OC. The van der Waals surface area contributed by atoms with Gasteiger partial charge < -0.3 is 19.1 Å². The number of nitrogens with zero attached hydrogens (tertiary/aromatic N) is 3. The number of ketones is 1. The third-order valence-corrected chi connectivity index (χ3v) is 8.50. The molecule has 6 rings (SSSR count). The number of hydrazone groups is 1. The number of carbonyl (C=O) groups excluding carboxylic acids is 4. The smallest absolute Gasteiger partial charge is 0.332 e. The molecule has 41 heavy (non-hydrogen) atoms. The predicted octanol–water partition coefficient (Wildman–Crippen LogP) is 3.64. The highest BCUT2D eigenvalue weighted by atomic mass is 16.5. The van der Waals surface area contributed by atoms with Crippen LogP contribution in [0.3, 0.4) is 0 Å². The number of amidine groups is 1. The molecule has 10 nitrogen and oxygen atoms in total. The minimum Gasteiger partial charge on any atom is -0.483 e. The standard InChI is InChI=1S/C31H31N3O7/c1-18-14-15-23-21(16-18)24(35)22-17-33(20-12-8-5-9-13-20)29-31(26(22)41-23,30(38)40-3)25(28(37)39-2)34(32-29)27(36)19-10-6-4-7-11-19/h4,6-7,10-11,14-17,20,25-26H,5,8-9,12-13H2,1-3H3/t25-,26+,31+/m1/s1. The molecule has 0 N–H and O–H groups in total. The summed E-state index contributed by atoms with van der Waals surface area (Å²) in [6.07, 6.45) is 4.93. The molecule has 4 aliphatic rings. The summed E-state index contributed by atoms with van der Waals surface area (Å²) in [5.41, 5.74) is -0.311. The second-order valence-corrected chi connectivity index (χ2v) is 10.8. The zero-order valence-corrected chi connectivity index (χ0v) is 23.2. The molecule has 212 valence electrons. The van der Waals surface area contributed by atoms with Crippen LogP contribution in [0.2, 0.25) is 0 Å². The van der Waals surface area contributed by atoms with Gasteiger partial charge in [-0.15, -0.1) is 0 Å². The van der Waals surface area contributed by atoms with E-state index in [0.29, 0.717) is 5.56 Å². The number of benzene rings is 2. The van der Waals surface area contributed by atoms with Gasteiger partial charge in [-0.25, -0.2) is 9.80 Å². The summed E-state index contributed by atoms with van der Waals surface area (Å²) in [5.74, 6) is -2.25. The lowest BCUT2D eigenvalue weighted by molar-refractivity contribution is -0.165. The Morgan fingerprint density at radius 2 is 1.73 bits per heavy atom. The molecule has 10 heteroatoms. The molecule has 3 atom stereocenters. The van der Waals surface area contributed by atoms with E-state index in [-0.39, 0.29) is 34.5 Å². The Bertz CT molecular complexity index is 1490. The summed E-state index contributed by atoms with van der Waals surface area (Å²) in [7, 11) is 2.38. The summed E-state index contributed by atoms with van der Waals surface area (Å²) in [6.45, 7) is 1.88. The molecular weight excluding hydrogens is 526 g/mol. The van der Waals surface area contributed by atoms with Crippen LogP contribution >= 0.6 is 0 Å². The van der Waals surface area contributed by atoms with Crippen LogP contribution in [0.4, 0.5) is 0 Å². The number of rotatable bonds is 4. The van der Waals surface area contributed by atoms with Crippen molar-refractivity contribution >= 4 is 29.5 Å². The number of aryl methyl sites for hydroxylation is 1. The van der Waals surface area contributed by atoms with Crippen molar-refractivity contribution in [3.8, 4) is 5.75 Å². The summed E-state index contributed by atoms with van der Waals surface area (Å²) in [5, 5.41) is 5.71. The van der Waals surface area contributed by atoms with Crippen molar-refractivity contribution < 1.29 is 33.4 Å². The van der Waals surface area contributed by atoms with Gasteiger partial charge >= 0.3 is 11.9 Å². The van der Waals surface area contributed by atoms with Crippen LogP contribution in [0.1, 0.15) is 58.4 Å². The van der Waals surface area contributed by atoms with E-state index in [2.05, 4.69) is 0 Å². The van der Waals surface area contributed by atoms with Gasteiger partial charge in [-0.1, -0.05) is 49.1 Å². The number of esters is 2. The van der Waals surface area contributed by atoms with Crippen molar-refractivity contribution in [2.45, 2.75) is 57.2 Å². The number of hydrogen-bond acceptors (Lipinski definition) is 9. The van der Waals surface area contributed by atoms with Gasteiger partial charge in [0, 0.05) is 17.8 Å². The first-order chi connectivity index (χ1) is 19.8. The second kappa shape index (κ2) is 10.2. The van der Waals surface area contributed by atoms with E-state index >= 15 is 0 Å². The van der Waals surface area contributed by atoms with Crippen LogP contribution in [0.5, 0.6) is 5.75 Å². The summed E-state index contributed by atoms with van der Waals surface area (Å²) >= 11 is 0. The molecule has 0 aromatic heterocycles. The summed E-state index contributed by atoms with van der Waals surface area (Å²) in [4.78, 5) is 57.7. The molecule has 0 bridgehead atoms. The Kier molecular flexibility index (Phi) is 6.63. The fraction of sp³-hybridized carbons (Fsp3) is 0.387. The molecule has 0 unspecified atom stereocenters. The van der Waals surface area contributed by atoms with E-state index in [1.54, 1.807) is 59.6 Å². The lowest BCUT2D eigenvalue weighted by atomic mass is 9.67. The average molecular weight is 558 g/mol. The number of ether oxygens (including phenoxy) is 3. The van der Waals surface area contributed by atoms with Crippen LogP contribution < -0.4 is 4.74 Å². The lowest BCUT2D eigenvalue weighted by Gasteiger charge is -2.48. The number of hydrogen-bond donors (Lipinski definition) is 0. The van der Waals surface area contributed by atoms with Gasteiger partial charge in [-0.2, -0.15) is 5.10 Å². The number of fused-ring (bicyclic) bond motifs is 4. The van der Waals surface area contributed by atoms with Crippen molar-refractivity contribution in [2.75, 3.05) is 14.2 Å². The fourth-order valence-electron chi connectivity index (χ4n) is 6.54. The summed E-state index contributed by atoms with van der Waals surface area (Å²) in [6, 6.07) is 11.9. The molecule has 3 heterocycles. The van der Waals surface area contributed by atoms with Gasteiger partial charge in [0.1, 0.15) is 5.75 Å². The minimum absolute atomic E-state index is 0.114. The average Bonchev–Trinajstić information content (AvgIpc) is 3.38. The van der Waals surface area contributed by atoms with Gasteiger partial charge in [0.05, 0.1) is 25.4 Å². The van der Waals surface area contributed by atoms with E-state index in [1.165, 1.54) is 14.2 Å². The monoisotopic (exact) mass is 557 g/mol. The zero-order valence-electron chi connectivity index (χ0n) is 23.2. The van der Waals surface area contributed by atoms with E-state index in [4.69, 9.17) is 19.3 Å². The van der Waals surface area contributed by atoms with Crippen LogP contribution in [0.15, 0.2) is 65.4 Å². The third kappa shape index (κ3) is 3.95. The Morgan fingerprint density at radius 3 is 2.41 bits per heavy atom. The summed E-state index contributed by atoms with van der Waals surface area (Å²) < 4.78 is 17.0. The van der Waals surface area contributed by atoms with Crippen molar-refractivity contribution in [3.05, 3.63) is 77.0 Å². The third-order valence-electron chi connectivity index (χ3n) is 8.50. The molecule has 0 spiro atoms. The first kappa shape index (κ1) is 26.7. The molecule has 1 amide bonds. The van der Waals surface area contributed by atoms with Crippen LogP contribution in [-0.4, -0.2) is 71.8 Å². The van der Waals surface area contributed by atoms with Crippen LogP contribution in [-0.2, 0) is 19.1 Å². The van der Waals surface area contributed by atoms with Crippen molar-refractivity contribution in [3.63, 3.8) is 0 Å². The molecule has 3 aliphatic heterocycles. The number of carbonyl (C=O) groups is 4. The molecule has 1 fully saturated rings. The lowest BCUT2D eigenvalue weighted by Crippen LogP contribution is -2.68. The highest BCUT2D eigenvalue weighted by Crippen LogP contribution is 2.51. The maximum absolute atomic E-state index is 14.2. The van der Waals surface area contributed by atoms with Crippen molar-refractivity contribution in [2.24, 2.45) is 10.5 Å². The topological polar surface area (TPSA) is 115 Å². The molecule has 1 aliphatic carbocycles. The molecule has 1 saturated carbocycles. The van der Waals surface area contributed by atoms with E-state index in [1.807, 2.05) is 6.92 Å². The maximum atomic E-state index is 14.2. The van der Waals surface area contributed by atoms with Crippen LogP contribution in [0, 0.1) is 12.3 Å². The predicted molar refractivity (Wildman–Crippen MR) is 147 cm³/mol. The first-order valence-corrected chi connectivity index (χ1v) is 13.8. The Balaban J connectivity index is 1.62. The highest BCUT2D eigenvalue weighted by Gasteiger charge is 2.72. The molecular formula is C31H31N3O7. The van der Waals surface area contributed by atoms with Gasteiger partial charge in [0.25, 0.3) is 5.91 Å². The van der Waals surface area contributed by atoms with E-state index in [0.717, 1.165) is 42.7 Å². The maximum Gasteiger partial charge on any atom is 0.332 e. The van der Waals surface area contributed by atoms with E-state index < -0.39 is 35.4 Å². The second-order valence-electron chi connectivity index (χ2n) is 10.8. The van der Waals surface area contributed by atoms with Gasteiger partial charge in [-0.3, -0.25) is 14.4 Å². The van der Waals surface area contributed by atoms with Crippen molar-refractivity contribution in [1.29, 1.82) is 0 Å². The number of methoxy groups -OCH3 is 2. The first-order valence-electron chi connectivity index (χ1n) is 13.8. The minimum atomic E-state index is -2.01. The van der Waals surface area contributed by atoms with Gasteiger partial charge in [-0.05, 0) is 44.0 Å². The van der Waals surface area contributed by atoms with Crippen molar-refractivity contribution in [1.82, 2.24) is 9.91 Å². The zero-order chi connectivity index (χ0) is 28.9. The normalized spacial score (nSPS) is 25.2. The van der Waals surface area contributed by atoms with E-state index in [9.17, 15) is 19.2 Å². The highest BCUT2D eigenvalue weighted by molar-refractivity contribution is 6.20. The fourth-order valence-corrected chi connectivity index (χ4v) is 6.54. The molecule has 2 aromatic rings. The number of amides is 1.